The van der Waals surface area contributed by atoms with E-state index in [-0.39, 0.29) is 0 Å². The van der Waals surface area contributed by atoms with Gasteiger partial charge in [-0.25, -0.2) is 0 Å². The molecule has 5 nitrogen and oxygen atoms in total. The fourth-order valence-electron chi connectivity index (χ4n) is 5.82. The number of piperazine rings is 1. The van der Waals surface area contributed by atoms with Crippen LogP contribution in [0.15, 0.2) is 30.3 Å². The largest absolute Gasteiger partial charge is 0.381 e. The van der Waals surface area contributed by atoms with Crippen LogP contribution in [0.1, 0.15) is 37.7 Å². The first-order valence-corrected chi connectivity index (χ1v) is 11.6. The number of carbonyl (C=O) groups is 1. The summed E-state index contributed by atoms with van der Waals surface area (Å²) in [5.41, 5.74) is 1.70. The Labute approximate surface area is 175 Å². The molecule has 1 saturated carbocycles. The summed E-state index contributed by atoms with van der Waals surface area (Å²) in [6.07, 6.45) is 5.94. The predicted molar refractivity (Wildman–Crippen MR) is 113 cm³/mol. The molecule has 3 saturated heterocycles. The van der Waals surface area contributed by atoms with Crippen molar-refractivity contribution in [2.24, 2.45) is 11.3 Å². The van der Waals surface area contributed by atoms with Gasteiger partial charge in [0.15, 0.2) is 0 Å². The molecule has 0 aromatic heterocycles. The number of nitrogens with zero attached hydrogens (tertiary/aromatic N) is 3. The molecule has 29 heavy (non-hydrogen) atoms. The first kappa shape index (κ1) is 19.5. The Kier molecular flexibility index (Phi) is 5.63. The van der Waals surface area contributed by atoms with E-state index in [1.165, 1.54) is 44.3 Å². The van der Waals surface area contributed by atoms with Crippen molar-refractivity contribution in [3.63, 3.8) is 0 Å². The number of amides is 1. The molecule has 1 spiro atoms. The van der Waals surface area contributed by atoms with E-state index in [4.69, 9.17) is 4.74 Å². The zero-order valence-electron chi connectivity index (χ0n) is 17.6. The van der Waals surface area contributed by atoms with Crippen LogP contribution in [0.5, 0.6) is 0 Å². The molecule has 0 N–H and O–H groups in total. The van der Waals surface area contributed by atoms with E-state index in [9.17, 15) is 4.79 Å². The fraction of sp³-hybridized carbons (Fsp3) is 0.708. The molecule has 5 rings (SSSR count). The van der Waals surface area contributed by atoms with Crippen molar-refractivity contribution >= 4 is 5.91 Å². The second-order valence-electron chi connectivity index (χ2n) is 9.59. The highest BCUT2D eigenvalue weighted by Gasteiger charge is 2.59. The SMILES string of the molecule is O=C(C1CC12CCN(C1CCOCC1)CC2)N1CCN(Cc2ccccc2)CC1. The lowest BCUT2D eigenvalue weighted by Gasteiger charge is -2.40. The Balaban J connectivity index is 1.08. The summed E-state index contributed by atoms with van der Waals surface area (Å²) in [7, 11) is 0. The molecule has 1 aromatic rings. The van der Waals surface area contributed by atoms with Crippen LogP contribution in [-0.4, -0.2) is 79.1 Å². The summed E-state index contributed by atoms with van der Waals surface area (Å²) in [5.74, 6) is 0.754. The number of likely N-dealkylation sites (tertiary alicyclic amines) is 1. The van der Waals surface area contributed by atoms with E-state index in [0.29, 0.717) is 23.3 Å². The van der Waals surface area contributed by atoms with Crippen LogP contribution in [0, 0.1) is 11.3 Å². The van der Waals surface area contributed by atoms with E-state index in [1.54, 1.807) is 0 Å². The number of carbonyl (C=O) groups excluding carboxylic acids is 1. The first-order chi connectivity index (χ1) is 14.2. The number of benzene rings is 1. The number of ether oxygens (including phenoxy) is 1. The molecule has 0 radical (unpaired) electrons. The van der Waals surface area contributed by atoms with Crippen LogP contribution in [0.3, 0.4) is 0 Å². The molecular formula is C24H35N3O2. The average Bonchev–Trinajstić information content (AvgIpc) is 3.48. The molecule has 1 aliphatic carbocycles. The Morgan fingerprint density at radius 2 is 1.66 bits per heavy atom. The molecule has 1 atom stereocenters. The van der Waals surface area contributed by atoms with Crippen molar-refractivity contribution in [2.75, 3.05) is 52.5 Å². The lowest BCUT2D eigenvalue weighted by Crippen LogP contribution is -2.49. The summed E-state index contributed by atoms with van der Waals surface area (Å²) < 4.78 is 5.52. The van der Waals surface area contributed by atoms with Crippen molar-refractivity contribution in [2.45, 2.75) is 44.7 Å². The van der Waals surface area contributed by atoms with Crippen LogP contribution in [0.25, 0.3) is 0 Å². The van der Waals surface area contributed by atoms with Gasteiger partial charge < -0.3 is 14.5 Å². The molecule has 4 aliphatic rings. The molecule has 4 fully saturated rings. The summed E-state index contributed by atoms with van der Waals surface area (Å²) in [4.78, 5) is 20.5. The van der Waals surface area contributed by atoms with E-state index in [0.717, 1.165) is 52.4 Å². The van der Waals surface area contributed by atoms with Crippen molar-refractivity contribution in [1.82, 2.24) is 14.7 Å². The first-order valence-electron chi connectivity index (χ1n) is 11.6. The van der Waals surface area contributed by atoms with Crippen LogP contribution in [0.2, 0.25) is 0 Å². The Morgan fingerprint density at radius 1 is 0.966 bits per heavy atom. The normalized spacial score (nSPS) is 28.6. The van der Waals surface area contributed by atoms with Crippen molar-refractivity contribution in [3.05, 3.63) is 35.9 Å². The number of hydrogen-bond acceptors (Lipinski definition) is 4. The Hall–Kier alpha value is -1.43. The maximum absolute atomic E-state index is 13.2. The fourth-order valence-corrected chi connectivity index (χ4v) is 5.82. The van der Waals surface area contributed by atoms with E-state index >= 15 is 0 Å². The average molecular weight is 398 g/mol. The van der Waals surface area contributed by atoms with Gasteiger partial charge in [0.1, 0.15) is 0 Å². The number of piperidine rings is 1. The van der Waals surface area contributed by atoms with E-state index < -0.39 is 0 Å². The standard InChI is InChI=1S/C24H35N3O2/c28-23(27-14-12-25(13-15-27)19-20-4-2-1-3-5-20)22-18-24(22)8-10-26(11-9-24)21-6-16-29-17-7-21/h1-5,21-22H,6-19H2. The highest BCUT2D eigenvalue weighted by Crippen LogP contribution is 2.60. The number of rotatable bonds is 4. The van der Waals surface area contributed by atoms with Gasteiger partial charge in [0.25, 0.3) is 0 Å². The molecule has 1 aromatic carbocycles. The van der Waals surface area contributed by atoms with E-state index in [2.05, 4.69) is 45.0 Å². The summed E-state index contributed by atoms with van der Waals surface area (Å²) in [5, 5.41) is 0. The molecule has 5 heteroatoms. The lowest BCUT2D eigenvalue weighted by molar-refractivity contribution is -0.135. The van der Waals surface area contributed by atoms with Gasteiger partial charge in [0, 0.05) is 57.9 Å². The molecule has 3 heterocycles. The van der Waals surface area contributed by atoms with Crippen molar-refractivity contribution in [3.8, 4) is 0 Å². The predicted octanol–water partition coefficient (Wildman–Crippen LogP) is 2.61. The van der Waals surface area contributed by atoms with Crippen LogP contribution < -0.4 is 0 Å². The van der Waals surface area contributed by atoms with Gasteiger partial charge in [-0.1, -0.05) is 30.3 Å². The van der Waals surface area contributed by atoms with Crippen LogP contribution >= 0.6 is 0 Å². The third-order valence-electron chi connectivity index (χ3n) is 7.92. The van der Waals surface area contributed by atoms with Crippen molar-refractivity contribution < 1.29 is 9.53 Å². The summed E-state index contributed by atoms with van der Waals surface area (Å²) in [6.45, 7) is 8.98. The smallest absolute Gasteiger partial charge is 0.226 e. The Bertz CT molecular complexity index is 687. The van der Waals surface area contributed by atoms with Gasteiger partial charge >= 0.3 is 0 Å². The molecule has 1 unspecified atom stereocenters. The maximum Gasteiger partial charge on any atom is 0.226 e. The maximum atomic E-state index is 13.2. The van der Waals surface area contributed by atoms with E-state index in [1.807, 2.05) is 0 Å². The summed E-state index contributed by atoms with van der Waals surface area (Å²) in [6, 6.07) is 11.4. The quantitative estimate of drug-likeness (QED) is 0.783. The second-order valence-corrected chi connectivity index (χ2v) is 9.59. The Morgan fingerprint density at radius 3 is 2.34 bits per heavy atom. The lowest BCUT2D eigenvalue weighted by atomic mass is 9.89. The third kappa shape index (κ3) is 4.23. The van der Waals surface area contributed by atoms with Gasteiger partial charge in [-0.15, -0.1) is 0 Å². The number of hydrogen-bond donors (Lipinski definition) is 0. The van der Waals surface area contributed by atoms with Gasteiger partial charge in [-0.05, 0) is 56.2 Å². The minimum Gasteiger partial charge on any atom is -0.381 e. The minimum absolute atomic E-state index is 0.306. The highest BCUT2D eigenvalue weighted by molar-refractivity contribution is 5.83. The summed E-state index contributed by atoms with van der Waals surface area (Å²) >= 11 is 0. The second kappa shape index (κ2) is 8.37. The zero-order chi connectivity index (χ0) is 19.7. The highest BCUT2D eigenvalue weighted by atomic mass is 16.5. The molecule has 1 amide bonds. The zero-order valence-corrected chi connectivity index (χ0v) is 17.6. The van der Waals surface area contributed by atoms with Crippen molar-refractivity contribution in [1.29, 1.82) is 0 Å². The minimum atomic E-state index is 0.306. The molecule has 158 valence electrons. The van der Waals surface area contributed by atoms with Gasteiger partial charge in [-0.2, -0.15) is 0 Å². The molecule has 0 bridgehead atoms. The molecule has 3 aliphatic heterocycles. The topological polar surface area (TPSA) is 36.0 Å². The van der Waals surface area contributed by atoms with Gasteiger partial charge in [-0.3, -0.25) is 9.69 Å². The van der Waals surface area contributed by atoms with Gasteiger partial charge in [0.2, 0.25) is 5.91 Å². The molecular weight excluding hydrogens is 362 g/mol. The monoisotopic (exact) mass is 397 g/mol. The third-order valence-corrected chi connectivity index (χ3v) is 7.92. The van der Waals surface area contributed by atoms with Crippen LogP contribution in [-0.2, 0) is 16.1 Å². The van der Waals surface area contributed by atoms with Crippen LogP contribution in [0.4, 0.5) is 0 Å². The van der Waals surface area contributed by atoms with Gasteiger partial charge in [0.05, 0.1) is 0 Å².